The Labute approximate surface area is 131 Å². The van der Waals surface area contributed by atoms with E-state index in [2.05, 4.69) is 26.6 Å². The first kappa shape index (κ1) is 14.1. The van der Waals surface area contributed by atoms with Crippen LogP contribution in [0, 0.1) is 0 Å². The minimum absolute atomic E-state index is 0.532. The zero-order valence-electron chi connectivity index (χ0n) is 11.9. The molecule has 0 amide bonds. The fourth-order valence-corrected chi connectivity index (χ4v) is 2.97. The molecule has 0 saturated carbocycles. The number of aromatic nitrogens is 2. The van der Waals surface area contributed by atoms with Crippen LogP contribution in [0.5, 0.6) is 5.75 Å². The predicted molar refractivity (Wildman–Crippen MR) is 88.3 cm³/mol. The Morgan fingerprint density at radius 3 is 2.71 bits per heavy atom. The SMILES string of the molecule is COc1ccc(-c2nc3ccc(CN)cc3n2C)cc1Br. The summed E-state index contributed by atoms with van der Waals surface area (Å²) in [7, 11) is 3.67. The van der Waals surface area contributed by atoms with Crippen LogP contribution in [-0.2, 0) is 13.6 Å². The zero-order valence-corrected chi connectivity index (χ0v) is 13.5. The van der Waals surface area contributed by atoms with Gasteiger partial charge in [0, 0.05) is 19.2 Å². The van der Waals surface area contributed by atoms with Gasteiger partial charge >= 0.3 is 0 Å². The first-order chi connectivity index (χ1) is 10.1. The Hall–Kier alpha value is -1.85. The maximum atomic E-state index is 5.71. The Morgan fingerprint density at radius 1 is 1.24 bits per heavy atom. The molecular formula is C16H16BrN3O. The molecule has 0 aliphatic rings. The zero-order chi connectivity index (χ0) is 15.0. The molecular weight excluding hydrogens is 330 g/mol. The molecule has 1 heterocycles. The summed E-state index contributed by atoms with van der Waals surface area (Å²) in [6.07, 6.45) is 0. The molecule has 0 aliphatic carbocycles. The third kappa shape index (κ3) is 2.43. The maximum absolute atomic E-state index is 5.71. The molecule has 2 aromatic carbocycles. The number of nitrogens with two attached hydrogens (primary N) is 1. The molecule has 3 aromatic rings. The highest BCUT2D eigenvalue weighted by Crippen LogP contribution is 2.31. The molecule has 1 aromatic heterocycles. The Balaban J connectivity index is 2.16. The predicted octanol–water partition coefficient (Wildman–Crippen LogP) is 3.47. The molecule has 3 rings (SSSR count). The summed E-state index contributed by atoms with van der Waals surface area (Å²) in [6, 6.07) is 12.1. The van der Waals surface area contributed by atoms with Crippen molar-refractivity contribution in [1.82, 2.24) is 9.55 Å². The first-order valence-electron chi connectivity index (χ1n) is 6.63. The van der Waals surface area contributed by atoms with Gasteiger partial charge in [0.15, 0.2) is 0 Å². The van der Waals surface area contributed by atoms with Crippen molar-refractivity contribution in [3.05, 3.63) is 46.4 Å². The summed E-state index contributed by atoms with van der Waals surface area (Å²) >= 11 is 3.52. The standard InChI is InChI=1S/C16H16BrN3O/c1-20-14-7-10(9-18)3-5-13(14)19-16(20)11-4-6-15(21-2)12(17)8-11/h3-8H,9,18H2,1-2H3. The Kier molecular flexibility index (Phi) is 3.69. The van der Waals surface area contributed by atoms with Gasteiger partial charge in [-0.25, -0.2) is 4.98 Å². The second-order valence-electron chi connectivity index (χ2n) is 4.87. The molecule has 5 heteroatoms. The van der Waals surface area contributed by atoms with Crippen molar-refractivity contribution in [1.29, 1.82) is 0 Å². The molecule has 0 aliphatic heterocycles. The highest BCUT2D eigenvalue weighted by Gasteiger charge is 2.12. The number of imidazole rings is 1. The summed E-state index contributed by atoms with van der Waals surface area (Å²) in [6.45, 7) is 0.532. The third-order valence-electron chi connectivity index (χ3n) is 3.59. The number of halogens is 1. The van der Waals surface area contributed by atoms with Crippen LogP contribution in [0.2, 0.25) is 0 Å². The van der Waals surface area contributed by atoms with Crippen LogP contribution in [0.15, 0.2) is 40.9 Å². The van der Waals surface area contributed by atoms with E-state index in [4.69, 9.17) is 15.5 Å². The van der Waals surface area contributed by atoms with E-state index in [0.29, 0.717) is 6.54 Å². The lowest BCUT2D eigenvalue weighted by Crippen LogP contribution is -1.97. The van der Waals surface area contributed by atoms with Gasteiger partial charge in [0.1, 0.15) is 11.6 Å². The van der Waals surface area contributed by atoms with Gasteiger partial charge in [-0.2, -0.15) is 0 Å². The molecule has 108 valence electrons. The number of hydrogen-bond acceptors (Lipinski definition) is 3. The largest absolute Gasteiger partial charge is 0.496 e. The highest BCUT2D eigenvalue weighted by molar-refractivity contribution is 9.10. The van der Waals surface area contributed by atoms with Crippen molar-refractivity contribution < 1.29 is 4.74 Å². The lowest BCUT2D eigenvalue weighted by atomic mass is 10.2. The number of fused-ring (bicyclic) bond motifs is 1. The van der Waals surface area contributed by atoms with Gasteiger partial charge in [-0.15, -0.1) is 0 Å². The van der Waals surface area contributed by atoms with E-state index in [0.717, 1.165) is 38.2 Å². The van der Waals surface area contributed by atoms with E-state index >= 15 is 0 Å². The molecule has 0 unspecified atom stereocenters. The lowest BCUT2D eigenvalue weighted by molar-refractivity contribution is 0.412. The van der Waals surface area contributed by atoms with Crippen LogP contribution in [-0.4, -0.2) is 16.7 Å². The molecule has 4 nitrogen and oxygen atoms in total. The summed E-state index contributed by atoms with van der Waals surface area (Å²) in [5.41, 5.74) is 9.91. The summed E-state index contributed by atoms with van der Waals surface area (Å²) in [5.74, 6) is 1.73. The fourth-order valence-electron chi connectivity index (χ4n) is 2.43. The van der Waals surface area contributed by atoms with Crippen molar-refractivity contribution in [3.8, 4) is 17.1 Å². The highest BCUT2D eigenvalue weighted by atomic mass is 79.9. The van der Waals surface area contributed by atoms with Gasteiger partial charge in [-0.3, -0.25) is 0 Å². The van der Waals surface area contributed by atoms with E-state index < -0.39 is 0 Å². The van der Waals surface area contributed by atoms with Gasteiger partial charge in [-0.05, 0) is 51.8 Å². The number of hydrogen-bond donors (Lipinski definition) is 1. The van der Waals surface area contributed by atoms with Crippen LogP contribution in [0.1, 0.15) is 5.56 Å². The third-order valence-corrected chi connectivity index (χ3v) is 4.21. The molecule has 0 spiro atoms. The number of nitrogens with zero attached hydrogens (tertiary/aromatic N) is 2. The fraction of sp³-hybridized carbons (Fsp3) is 0.188. The van der Waals surface area contributed by atoms with Crippen LogP contribution in [0.4, 0.5) is 0 Å². The average molecular weight is 346 g/mol. The number of rotatable bonds is 3. The maximum Gasteiger partial charge on any atom is 0.140 e. The summed E-state index contributed by atoms with van der Waals surface area (Å²) < 4.78 is 8.27. The van der Waals surface area contributed by atoms with Gasteiger partial charge in [0.05, 0.1) is 22.6 Å². The Morgan fingerprint density at radius 2 is 2.05 bits per heavy atom. The Bertz CT molecular complexity index is 811. The summed E-state index contributed by atoms with van der Waals surface area (Å²) in [4.78, 5) is 4.72. The minimum atomic E-state index is 0.532. The monoisotopic (exact) mass is 345 g/mol. The number of ether oxygens (including phenoxy) is 1. The molecule has 0 radical (unpaired) electrons. The van der Waals surface area contributed by atoms with E-state index in [1.54, 1.807) is 7.11 Å². The van der Waals surface area contributed by atoms with Crippen LogP contribution in [0.3, 0.4) is 0 Å². The topological polar surface area (TPSA) is 53.1 Å². The number of aryl methyl sites for hydroxylation is 1. The molecule has 0 bridgehead atoms. The van der Waals surface area contributed by atoms with Gasteiger partial charge in [-0.1, -0.05) is 6.07 Å². The van der Waals surface area contributed by atoms with Crippen LogP contribution in [0.25, 0.3) is 22.4 Å². The van der Waals surface area contributed by atoms with Crippen molar-refractivity contribution in [3.63, 3.8) is 0 Å². The van der Waals surface area contributed by atoms with Gasteiger partial charge < -0.3 is 15.0 Å². The van der Waals surface area contributed by atoms with E-state index in [1.165, 1.54) is 0 Å². The van der Waals surface area contributed by atoms with Crippen LogP contribution >= 0.6 is 15.9 Å². The second kappa shape index (κ2) is 5.50. The molecule has 2 N–H and O–H groups in total. The quantitative estimate of drug-likeness (QED) is 0.790. The van der Waals surface area contributed by atoms with Crippen molar-refractivity contribution in [2.24, 2.45) is 12.8 Å². The van der Waals surface area contributed by atoms with Crippen molar-refractivity contribution in [2.45, 2.75) is 6.54 Å². The number of methoxy groups -OCH3 is 1. The van der Waals surface area contributed by atoms with Crippen LogP contribution < -0.4 is 10.5 Å². The normalized spacial score (nSPS) is 11.0. The number of benzene rings is 2. The molecule has 0 fully saturated rings. The van der Waals surface area contributed by atoms with E-state index in [9.17, 15) is 0 Å². The summed E-state index contributed by atoms with van der Waals surface area (Å²) in [5, 5.41) is 0. The lowest BCUT2D eigenvalue weighted by Gasteiger charge is -2.07. The molecule has 21 heavy (non-hydrogen) atoms. The minimum Gasteiger partial charge on any atom is -0.496 e. The van der Waals surface area contributed by atoms with Gasteiger partial charge in [0.2, 0.25) is 0 Å². The van der Waals surface area contributed by atoms with E-state index in [1.807, 2.05) is 37.4 Å². The van der Waals surface area contributed by atoms with E-state index in [-0.39, 0.29) is 0 Å². The second-order valence-corrected chi connectivity index (χ2v) is 5.73. The first-order valence-corrected chi connectivity index (χ1v) is 7.42. The van der Waals surface area contributed by atoms with Crippen molar-refractivity contribution in [2.75, 3.05) is 7.11 Å². The van der Waals surface area contributed by atoms with Crippen molar-refractivity contribution >= 4 is 27.0 Å². The smallest absolute Gasteiger partial charge is 0.140 e. The van der Waals surface area contributed by atoms with Gasteiger partial charge in [0.25, 0.3) is 0 Å². The molecule has 0 atom stereocenters. The average Bonchev–Trinajstić information content (AvgIpc) is 2.83. The molecule has 0 saturated heterocycles.